The minimum Gasteiger partial charge on any atom is -0.481 e. The molecule has 0 radical (unpaired) electrons. The zero-order valence-corrected chi connectivity index (χ0v) is 11.4. The molecule has 0 saturated carbocycles. The first-order valence-corrected chi connectivity index (χ1v) is 7.38. The van der Waals surface area contributed by atoms with E-state index in [1.165, 1.54) is 4.31 Å². The summed E-state index contributed by atoms with van der Waals surface area (Å²) in [5, 5.41) is 17.4. The van der Waals surface area contributed by atoms with Crippen molar-refractivity contribution in [1.82, 2.24) is 9.03 Å². The fraction of sp³-hybridized carbons (Fsp3) is 0.800. The van der Waals surface area contributed by atoms with Gasteiger partial charge in [-0.25, -0.2) is 0 Å². The molecule has 1 heterocycles. The molecule has 0 aliphatic carbocycles. The number of hydrogen-bond acceptors (Lipinski definition) is 4. The predicted octanol–water partition coefficient (Wildman–Crippen LogP) is -0.519. The number of rotatable bonds is 6. The standard InChI is InChI=1S/C10H18N2O6S/c1-7-3-2-4-12(6-7)19(17,18)11-8(10(15)16)5-9(13)14/h7-8,11H,2-6H2,1H3,(H,13,14)(H,15,16)/t7?,8-/m0/s1. The van der Waals surface area contributed by atoms with E-state index in [4.69, 9.17) is 10.2 Å². The van der Waals surface area contributed by atoms with Gasteiger partial charge in [-0.2, -0.15) is 17.4 Å². The van der Waals surface area contributed by atoms with E-state index in [0.29, 0.717) is 19.5 Å². The molecule has 1 aliphatic heterocycles. The lowest BCUT2D eigenvalue weighted by Gasteiger charge is -2.30. The van der Waals surface area contributed by atoms with Gasteiger partial charge >= 0.3 is 11.9 Å². The smallest absolute Gasteiger partial charge is 0.322 e. The van der Waals surface area contributed by atoms with Gasteiger partial charge in [0.15, 0.2) is 0 Å². The van der Waals surface area contributed by atoms with Crippen molar-refractivity contribution in [2.75, 3.05) is 13.1 Å². The average Bonchev–Trinajstić information content (AvgIpc) is 2.27. The summed E-state index contributed by atoms with van der Waals surface area (Å²) in [6.45, 7) is 2.54. The Hall–Kier alpha value is -1.19. The van der Waals surface area contributed by atoms with E-state index in [9.17, 15) is 18.0 Å². The topological polar surface area (TPSA) is 124 Å². The van der Waals surface area contributed by atoms with Crippen LogP contribution in [0.2, 0.25) is 0 Å². The third kappa shape index (κ3) is 4.77. The predicted molar refractivity (Wildman–Crippen MR) is 65.7 cm³/mol. The maximum absolute atomic E-state index is 12.0. The Morgan fingerprint density at radius 2 is 2.05 bits per heavy atom. The molecule has 3 N–H and O–H groups in total. The molecule has 1 fully saturated rings. The van der Waals surface area contributed by atoms with E-state index < -0.39 is 34.6 Å². The number of nitrogens with one attached hydrogen (secondary N) is 1. The summed E-state index contributed by atoms with van der Waals surface area (Å²) < 4.78 is 27.1. The summed E-state index contributed by atoms with van der Waals surface area (Å²) in [5.41, 5.74) is 0. The van der Waals surface area contributed by atoms with Gasteiger partial charge in [0.25, 0.3) is 10.2 Å². The van der Waals surface area contributed by atoms with Gasteiger partial charge in [0.05, 0.1) is 6.42 Å². The minimum atomic E-state index is -3.97. The molecule has 110 valence electrons. The summed E-state index contributed by atoms with van der Waals surface area (Å²) >= 11 is 0. The van der Waals surface area contributed by atoms with Gasteiger partial charge in [0.2, 0.25) is 0 Å². The Morgan fingerprint density at radius 1 is 1.42 bits per heavy atom. The molecule has 0 bridgehead atoms. The zero-order chi connectivity index (χ0) is 14.6. The second-order valence-electron chi connectivity index (χ2n) is 4.72. The van der Waals surface area contributed by atoms with E-state index in [0.717, 1.165) is 6.42 Å². The van der Waals surface area contributed by atoms with Crippen molar-refractivity contribution in [3.63, 3.8) is 0 Å². The number of hydrogen-bond donors (Lipinski definition) is 3. The maximum atomic E-state index is 12.0. The Kier molecular flexibility index (Phi) is 5.27. The molecule has 8 nitrogen and oxygen atoms in total. The molecule has 1 unspecified atom stereocenters. The first-order chi connectivity index (χ1) is 8.72. The lowest BCUT2D eigenvalue weighted by Crippen LogP contribution is -2.51. The number of carbonyl (C=O) groups is 2. The summed E-state index contributed by atoms with van der Waals surface area (Å²) in [4.78, 5) is 21.4. The SMILES string of the molecule is CC1CCCN(S(=O)(=O)N[C@@H](CC(=O)O)C(=O)O)C1. The van der Waals surface area contributed by atoms with Crippen LogP contribution in [0.15, 0.2) is 0 Å². The van der Waals surface area contributed by atoms with Crippen LogP contribution in [0.4, 0.5) is 0 Å². The van der Waals surface area contributed by atoms with Crippen molar-refractivity contribution < 1.29 is 28.2 Å². The van der Waals surface area contributed by atoms with E-state index >= 15 is 0 Å². The highest BCUT2D eigenvalue weighted by atomic mass is 32.2. The molecule has 19 heavy (non-hydrogen) atoms. The number of aliphatic carboxylic acids is 2. The van der Waals surface area contributed by atoms with E-state index in [2.05, 4.69) is 0 Å². The highest BCUT2D eigenvalue weighted by Gasteiger charge is 2.32. The first-order valence-electron chi connectivity index (χ1n) is 5.94. The van der Waals surface area contributed by atoms with Gasteiger partial charge in [-0.1, -0.05) is 6.92 Å². The van der Waals surface area contributed by atoms with Crippen LogP contribution >= 0.6 is 0 Å². The van der Waals surface area contributed by atoms with E-state index in [1.54, 1.807) is 0 Å². The van der Waals surface area contributed by atoms with E-state index in [-0.39, 0.29) is 5.92 Å². The lowest BCUT2D eigenvalue weighted by molar-refractivity contribution is -0.145. The van der Waals surface area contributed by atoms with Crippen molar-refractivity contribution >= 4 is 22.1 Å². The molecule has 0 aromatic heterocycles. The average molecular weight is 294 g/mol. The van der Waals surface area contributed by atoms with Crippen LogP contribution in [0, 0.1) is 5.92 Å². The molecule has 0 aromatic carbocycles. The quantitative estimate of drug-likeness (QED) is 0.605. The summed E-state index contributed by atoms with van der Waals surface area (Å²) in [6.07, 6.45) is 0.834. The Morgan fingerprint density at radius 3 is 2.53 bits per heavy atom. The fourth-order valence-corrected chi connectivity index (χ4v) is 3.49. The summed E-state index contributed by atoms with van der Waals surface area (Å²) in [6, 6.07) is -1.65. The van der Waals surface area contributed by atoms with Gasteiger partial charge in [-0.15, -0.1) is 0 Å². The largest absolute Gasteiger partial charge is 0.481 e. The second kappa shape index (κ2) is 6.31. The number of carboxylic acid groups (broad SMARTS) is 2. The van der Waals surface area contributed by atoms with Crippen LogP contribution in [-0.4, -0.2) is 54.0 Å². The summed E-state index contributed by atoms with van der Waals surface area (Å²) in [7, 11) is -3.97. The first kappa shape index (κ1) is 15.9. The molecule has 0 spiro atoms. The Labute approximate surface area is 111 Å². The van der Waals surface area contributed by atoms with Gasteiger partial charge < -0.3 is 10.2 Å². The van der Waals surface area contributed by atoms with Crippen LogP contribution in [0.1, 0.15) is 26.2 Å². The normalized spacial score (nSPS) is 22.9. The molecular formula is C10H18N2O6S. The monoisotopic (exact) mass is 294 g/mol. The van der Waals surface area contributed by atoms with Gasteiger partial charge in [-0.05, 0) is 18.8 Å². The Balaban J connectivity index is 2.75. The maximum Gasteiger partial charge on any atom is 0.322 e. The second-order valence-corrected chi connectivity index (χ2v) is 6.42. The van der Waals surface area contributed by atoms with Crippen LogP contribution in [0.3, 0.4) is 0 Å². The third-order valence-electron chi connectivity index (χ3n) is 2.93. The molecule has 1 saturated heterocycles. The fourth-order valence-electron chi connectivity index (χ4n) is 1.97. The number of piperidine rings is 1. The van der Waals surface area contributed by atoms with E-state index in [1.807, 2.05) is 11.6 Å². The van der Waals surface area contributed by atoms with Crippen molar-refractivity contribution in [2.24, 2.45) is 5.92 Å². The van der Waals surface area contributed by atoms with Crippen LogP contribution in [-0.2, 0) is 19.8 Å². The van der Waals surface area contributed by atoms with Crippen molar-refractivity contribution in [3.8, 4) is 0 Å². The van der Waals surface area contributed by atoms with Crippen molar-refractivity contribution in [3.05, 3.63) is 0 Å². The lowest BCUT2D eigenvalue weighted by atomic mass is 10.0. The number of carboxylic acids is 2. The highest BCUT2D eigenvalue weighted by Crippen LogP contribution is 2.18. The van der Waals surface area contributed by atoms with Crippen molar-refractivity contribution in [1.29, 1.82) is 0 Å². The van der Waals surface area contributed by atoms with Crippen LogP contribution in [0.25, 0.3) is 0 Å². The van der Waals surface area contributed by atoms with Gasteiger partial charge in [0, 0.05) is 13.1 Å². The molecule has 1 aliphatic rings. The van der Waals surface area contributed by atoms with Crippen LogP contribution < -0.4 is 4.72 Å². The molecule has 0 amide bonds. The molecule has 2 atom stereocenters. The van der Waals surface area contributed by atoms with Gasteiger partial charge in [0.1, 0.15) is 6.04 Å². The number of nitrogens with zero attached hydrogens (tertiary/aromatic N) is 1. The van der Waals surface area contributed by atoms with Crippen molar-refractivity contribution in [2.45, 2.75) is 32.2 Å². The summed E-state index contributed by atoms with van der Waals surface area (Å²) in [5.74, 6) is -2.67. The van der Waals surface area contributed by atoms with Gasteiger partial charge in [-0.3, -0.25) is 9.59 Å². The zero-order valence-electron chi connectivity index (χ0n) is 10.6. The minimum absolute atomic E-state index is 0.202. The Bertz CT molecular complexity index is 449. The highest BCUT2D eigenvalue weighted by molar-refractivity contribution is 7.87. The molecular weight excluding hydrogens is 276 g/mol. The molecule has 1 rings (SSSR count). The molecule has 9 heteroatoms. The van der Waals surface area contributed by atoms with Crippen LogP contribution in [0.5, 0.6) is 0 Å². The third-order valence-corrected chi connectivity index (χ3v) is 4.52. The molecule has 0 aromatic rings.